The lowest BCUT2D eigenvalue weighted by atomic mass is 10.4. The molecular weight excluding hydrogens is 162 g/mol. The molecule has 0 spiro atoms. The summed E-state index contributed by atoms with van der Waals surface area (Å²) in [6.07, 6.45) is 2.79. The van der Waals surface area contributed by atoms with Gasteiger partial charge in [0.2, 0.25) is 0 Å². The Kier molecular flexibility index (Phi) is 4.20. The van der Waals surface area contributed by atoms with Gasteiger partial charge in [0.1, 0.15) is 0 Å². The van der Waals surface area contributed by atoms with Crippen LogP contribution in [-0.4, -0.2) is 32.2 Å². The highest BCUT2D eigenvalue weighted by Crippen LogP contribution is 2.27. The zero-order chi connectivity index (χ0) is 8.10. The fraction of sp³-hybridized carbons (Fsp3) is 1.00. The van der Waals surface area contributed by atoms with Crippen molar-refractivity contribution in [3.63, 3.8) is 0 Å². The molecule has 0 radical (unpaired) electrons. The SMILES string of the molecule is COCC(Cl)CNCC1CC1. The van der Waals surface area contributed by atoms with Crippen molar-refractivity contribution >= 4 is 11.6 Å². The molecule has 0 saturated heterocycles. The third kappa shape index (κ3) is 4.62. The third-order valence-electron chi connectivity index (χ3n) is 1.84. The molecule has 0 aromatic rings. The first-order chi connectivity index (χ1) is 5.33. The Balaban J connectivity index is 1.84. The molecule has 0 heterocycles. The first-order valence-electron chi connectivity index (χ1n) is 4.16. The number of halogens is 1. The third-order valence-corrected chi connectivity index (χ3v) is 2.12. The van der Waals surface area contributed by atoms with E-state index in [1.165, 1.54) is 12.8 Å². The van der Waals surface area contributed by atoms with E-state index in [0.717, 1.165) is 19.0 Å². The predicted molar refractivity (Wildman–Crippen MR) is 47.1 cm³/mol. The second-order valence-corrected chi connectivity index (χ2v) is 3.77. The van der Waals surface area contributed by atoms with Gasteiger partial charge in [0.05, 0.1) is 12.0 Å². The molecule has 66 valence electrons. The number of hydrogen-bond acceptors (Lipinski definition) is 2. The summed E-state index contributed by atoms with van der Waals surface area (Å²) >= 11 is 5.90. The first-order valence-corrected chi connectivity index (χ1v) is 4.60. The van der Waals surface area contributed by atoms with Crippen LogP contribution in [0.4, 0.5) is 0 Å². The van der Waals surface area contributed by atoms with Gasteiger partial charge in [-0.2, -0.15) is 0 Å². The summed E-state index contributed by atoms with van der Waals surface area (Å²) in [5.41, 5.74) is 0. The van der Waals surface area contributed by atoms with Gasteiger partial charge in [-0.1, -0.05) is 0 Å². The van der Waals surface area contributed by atoms with Crippen molar-refractivity contribution in [3.05, 3.63) is 0 Å². The lowest BCUT2D eigenvalue weighted by Gasteiger charge is -2.08. The van der Waals surface area contributed by atoms with E-state index in [-0.39, 0.29) is 5.38 Å². The van der Waals surface area contributed by atoms with Crippen LogP contribution in [0.15, 0.2) is 0 Å². The smallest absolute Gasteiger partial charge is 0.0693 e. The summed E-state index contributed by atoms with van der Waals surface area (Å²) in [4.78, 5) is 0. The van der Waals surface area contributed by atoms with Gasteiger partial charge in [-0.05, 0) is 25.3 Å². The van der Waals surface area contributed by atoms with Gasteiger partial charge in [0.25, 0.3) is 0 Å². The molecule has 1 fully saturated rings. The summed E-state index contributed by atoms with van der Waals surface area (Å²) in [6, 6.07) is 0. The highest BCUT2D eigenvalue weighted by Gasteiger charge is 2.20. The topological polar surface area (TPSA) is 21.3 Å². The van der Waals surface area contributed by atoms with Crippen molar-refractivity contribution in [2.75, 3.05) is 26.8 Å². The molecule has 0 amide bonds. The quantitative estimate of drug-likeness (QED) is 0.617. The van der Waals surface area contributed by atoms with Crippen molar-refractivity contribution in [1.29, 1.82) is 0 Å². The standard InChI is InChI=1S/C8H16ClNO/c1-11-6-8(9)5-10-4-7-2-3-7/h7-8,10H,2-6H2,1H3. The van der Waals surface area contributed by atoms with Crippen LogP contribution in [0.1, 0.15) is 12.8 Å². The summed E-state index contributed by atoms with van der Waals surface area (Å²) in [5, 5.41) is 3.44. The highest BCUT2D eigenvalue weighted by molar-refractivity contribution is 6.20. The van der Waals surface area contributed by atoms with E-state index in [2.05, 4.69) is 5.32 Å². The lowest BCUT2D eigenvalue weighted by Crippen LogP contribution is -2.27. The Hall–Kier alpha value is 0.210. The highest BCUT2D eigenvalue weighted by atomic mass is 35.5. The number of nitrogens with one attached hydrogen (secondary N) is 1. The van der Waals surface area contributed by atoms with E-state index in [1.54, 1.807) is 7.11 Å². The zero-order valence-electron chi connectivity index (χ0n) is 6.98. The monoisotopic (exact) mass is 177 g/mol. The molecular formula is C8H16ClNO. The summed E-state index contributed by atoms with van der Waals surface area (Å²) < 4.78 is 4.90. The van der Waals surface area contributed by atoms with Crippen LogP contribution in [0.2, 0.25) is 0 Å². The Bertz CT molecular complexity index is 106. The Morgan fingerprint density at radius 1 is 1.64 bits per heavy atom. The van der Waals surface area contributed by atoms with Gasteiger partial charge in [-0.25, -0.2) is 0 Å². The van der Waals surface area contributed by atoms with E-state index >= 15 is 0 Å². The van der Waals surface area contributed by atoms with Gasteiger partial charge < -0.3 is 10.1 Å². The van der Waals surface area contributed by atoms with E-state index in [0.29, 0.717) is 6.61 Å². The van der Waals surface area contributed by atoms with E-state index in [9.17, 15) is 0 Å². The van der Waals surface area contributed by atoms with Crippen LogP contribution in [0.3, 0.4) is 0 Å². The van der Waals surface area contributed by atoms with Gasteiger partial charge in [0, 0.05) is 13.7 Å². The molecule has 1 rings (SSSR count). The second kappa shape index (κ2) is 4.96. The fourth-order valence-corrected chi connectivity index (χ4v) is 1.24. The first kappa shape index (κ1) is 9.30. The van der Waals surface area contributed by atoms with E-state index < -0.39 is 0 Å². The number of rotatable bonds is 6. The van der Waals surface area contributed by atoms with E-state index in [4.69, 9.17) is 16.3 Å². The van der Waals surface area contributed by atoms with Crippen molar-refractivity contribution in [2.24, 2.45) is 5.92 Å². The molecule has 1 unspecified atom stereocenters. The van der Waals surface area contributed by atoms with Crippen LogP contribution >= 0.6 is 11.6 Å². The average molecular weight is 178 g/mol. The molecule has 0 aromatic heterocycles. The van der Waals surface area contributed by atoms with Crippen molar-refractivity contribution < 1.29 is 4.74 Å². The molecule has 1 aliphatic rings. The molecule has 11 heavy (non-hydrogen) atoms. The van der Waals surface area contributed by atoms with Crippen LogP contribution in [0.5, 0.6) is 0 Å². The minimum absolute atomic E-state index is 0.124. The maximum Gasteiger partial charge on any atom is 0.0693 e. The van der Waals surface area contributed by atoms with Crippen LogP contribution in [0.25, 0.3) is 0 Å². The molecule has 3 heteroatoms. The van der Waals surface area contributed by atoms with Crippen molar-refractivity contribution in [2.45, 2.75) is 18.2 Å². The lowest BCUT2D eigenvalue weighted by molar-refractivity contribution is 0.197. The van der Waals surface area contributed by atoms with Crippen LogP contribution in [-0.2, 0) is 4.74 Å². The number of hydrogen-bond donors (Lipinski definition) is 1. The van der Waals surface area contributed by atoms with Crippen molar-refractivity contribution in [3.8, 4) is 0 Å². The normalized spacial score (nSPS) is 20.2. The molecule has 0 aromatic carbocycles. The Morgan fingerprint density at radius 3 is 2.91 bits per heavy atom. The second-order valence-electron chi connectivity index (χ2n) is 3.15. The minimum Gasteiger partial charge on any atom is -0.383 e. The summed E-state index contributed by atoms with van der Waals surface area (Å²) in [6.45, 7) is 2.64. The molecule has 1 aliphatic carbocycles. The molecule has 1 atom stereocenters. The minimum atomic E-state index is 0.124. The van der Waals surface area contributed by atoms with Gasteiger partial charge in [0.15, 0.2) is 0 Å². The maximum absolute atomic E-state index is 5.90. The largest absolute Gasteiger partial charge is 0.383 e. The van der Waals surface area contributed by atoms with Crippen molar-refractivity contribution in [1.82, 2.24) is 5.32 Å². The molecule has 0 aliphatic heterocycles. The number of alkyl halides is 1. The fourth-order valence-electron chi connectivity index (χ4n) is 1.01. The van der Waals surface area contributed by atoms with E-state index in [1.807, 2.05) is 0 Å². The molecule has 1 saturated carbocycles. The number of ether oxygens (including phenoxy) is 1. The molecule has 0 bridgehead atoms. The molecule has 2 nitrogen and oxygen atoms in total. The van der Waals surface area contributed by atoms with Crippen LogP contribution in [0, 0.1) is 5.92 Å². The molecule has 1 N–H and O–H groups in total. The summed E-state index contributed by atoms with van der Waals surface area (Å²) in [5.74, 6) is 0.932. The average Bonchev–Trinajstić information content (AvgIpc) is 2.72. The Labute approximate surface area is 73.3 Å². The van der Waals surface area contributed by atoms with Gasteiger partial charge in [-0.15, -0.1) is 11.6 Å². The predicted octanol–water partition coefficient (Wildman–Crippen LogP) is 1.24. The zero-order valence-corrected chi connectivity index (χ0v) is 7.73. The van der Waals surface area contributed by atoms with Gasteiger partial charge in [-0.3, -0.25) is 0 Å². The van der Waals surface area contributed by atoms with Crippen LogP contribution < -0.4 is 5.32 Å². The number of methoxy groups -OCH3 is 1. The maximum atomic E-state index is 5.90. The summed E-state index contributed by atoms with van der Waals surface area (Å²) in [7, 11) is 1.68. The Morgan fingerprint density at radius 2 is 2.36 bits per heavy atom. The van der Waals surface area contributed by atoms with Gasteiger partial charge >= 0.3 is 0 Å².